The van der Waals surface area contributed by atoms with Gasteiger partial charge in [-0.15, -0.1) is 0 Å². The van der Waals surface area contributed by atoms with E-state index in [2.05, 4.69) is 21.2 Å². The molecule has 2 nitrogen and oxygen atoms in total. The minimum absolute atomic E-state index is 0.119. The molecule has 2 rings (SSSR count). The van der Waals surface area contributed by atoms with Gasteiger partial charge in [-0.25, -0.2) is 4.39 Å². The smallest absolute Gasteiger partial charge is 0.319 e. The van der Waals surface area contributed by atoms with Crippen LogP contribution in [0.2, 0.25) is 5.02 Å². The maximum Gasteiger partial charge on any atom is 0.419 e. The van der Waals surface area contributed by atoms with Crippen molar-refractivity contribution >= 4 is 39.1 Å². The average Bonchev–Trinajstić information content (AvgIpc) is 2.42. The van der Waals surface area contributed by atoms with Gasteiger partial charge in [-0.05, 0) is 46.3 Å². The molecule has 0 fully saturated rings. The van der Waals surface area contributed by atoms with Crippen LogP contribution in [0.1, 0.15) is 15.9 Å². The van der Waals surface area contributed by atoms with E-state index in [4.69, 9.17) is 11.6 Å². The molecule has 22 heavy (non-hydrogen) atoms. The minimum Gasteiger partial charge on any atom is -0.319 e. The van der Waals surface area contributed by atoms with Gasteiger partial charge in [0.1, 0.15) is 0 Å². The second kappa shape index (κ2) is 6.26. The Balaban J connectivity index is 2.31. The van der Waals surface area contributed by atoms with E-state index in [1.54, 1.807) is 0 Å². The van der Waals surface area contributed by atoms with Gasteiger partial charge in [0.2, 0.25) is 0 Å². The SMILES string of the molecule is O=C(Nc1cccc(C(F)(F)F)c1F)c1ccc(Cl)c(Br)c1. The van der Waals surface area contributed by atoms with Gasteiger partial charge in [-0.3, -0.25) is 4.79 Å². The molecule has 0 unspecified atom stereocenters. The molecule has 2 aromatic carbocycles. The molecule has 0 atom stereocenters. The number of anilines is 1. The first-order chi connectivity index (χ1) is 10.2. The number of alkyl halides is 3. The summed E-state index contributed by atoms with van der Waals surface area (Å²) in [6, 6.07) is 6.84. The van der Waals surface area contributed by atoms with Crippen LogP contribution in [0.5, 0.6) is 0 Å². The summed E-state index contributed by atoms with van der Waals surface area (Å²) in [5.41, 5.74) is -1.87. The van der Waals surface area contributed by atoms with E-state index in [1.165, 1.54) is 18.2 Å². The van der Waals surface area contributed by atoms with E-state index in [1.807, 2.05) is 0 Å². The Kier molecular flexibility index (Phi) is 4.77. The third-order valence-corrected chi connectivity index (χ3v) is 3.95. The Morgan fingerprint density at radius 2 is 1.86 bits per heavy atom. The summed E-state index contributed by atoms with van der Waals surface area (Å²) in [6.45, 7) is 0. The van der Waals surface area contributed by atoms with E-state index in [0.29, 0.717) is 15.6 Å². The lowest BCUT2D eigenvalue weighted by molar-refractivity contribution is -0.139. The zero-order valence-corrected chi connectivity index (χ0v) is 13.0. The van der Waals surface area contributed by atoms with Gasteiger partial charge in [0.15, 0.2) is 5.82 Å². The van der Waals surface area contributed by atoms with Crippen LogP contribution in [0.3, 0.4) is 0 Å². The van der Waals surface area contributed by atoms with E-state index in [0.717, 1.165) is 12.1 Å². The van der Waals surface area contributed by atoms with E-state index < -0.39 is 29.2 Å². The van der Waals surface area contributed by atoms with Gasteiger partial charge >= 0.3 is 6.18 Å². The molecule has 0 radical (unpaired) electrons. The molecule has 0 bridgehead atoms. The first-order valence-corrected chi connectivity index (χ1v) is 6.99. The van der Waals surface area contributed by atoms with Crippen molar-refractivity contribution in [1.29, 1.82) is 0 Å². The van der Waals surface area contributed by atoms with Gasteiger partial charge in [0.25, 0.3) is 5.91 Å². The van der Waals surface area contributed by atoms with Crippen LogP contribution in [0.15, 0.2) is 40.9 Å². The highest BCUT2D eigenvalue weighted by Gasteiger charge is 2.35. The topological polar surface area (TPSA) is 29.1 Å². The molecule has 8 heteroatoms. The van der Waals surface area contributed by atoms with Crippen molar-refractivity contribution in [3.8, 4) is 0 Å². The molecular formula is C14H7BrClF4NO. The third-order valence-electron chi connectivity index (χ3n) is 2.73. The molecule has 0 saturated carbocycles. The lowest BCUT2D eigenvalue weighted by Crippen LogP contribution is -2.15. The van der Waals surface area contributed by atoms with Gasteiger partial charge < -0.3 is 5.32 Å². The van der Waals surface area contributed by atoms with Crippen molar-refractivity contribution in [2.45, 2.75) is 6.18 Å². The molecule has 0 aliphatic heterocycles. The largest absolute Gasteiger partial charge is 0.419 e. The fraction of sp³-hybridized carbons (Fsp3) is 0.0714. The standard InChI is InChI=1S/C14H7BrClF4NO/c15-9-6-7(4-5-10(9)16)13(22)21-11-3-1-2-8(12(11)17)14(18,19)20/h1-6H,(H,21,22). The molecule has 0 heterocycles. The number of halogens is 6. The van der Waals surface area contributed by atoms with Crippen molar-refractivity contribution in [2.24, 2.45) is 0 Å². The Labute approximate surface area is 136 Å². The number of rotatable bonds is 2. The summed E-state index contributed by atoms with van der Waals surface area (Å²) >= 11 is 8.90. The molecule has 1 amide bonds. The van der Waals surface area contributed by atoms with Gasteiger partial charge in [-0.2, -0.15) is 13.2 Å². The lowest BCUT2D eigenvalue weighted by atomic mass is 10.1. The highest BCUT2D eigenvalue weighted by Crippen LogP contribution is 2.34. The lowest BCUT2D eigenvalue weighted by Gasteiger charge is -2.12. The van der Waals surface area contributed by atoms with Crippen molar-refractivity contribution in [3.05, 3.63) is 62.8 Å². The Morgan fingerprint density at radius 3 is 2.45 bits per heavy atom. The van der Waals surface area contributed by atoms with E-state index in [-0.39, 0.29) is 5.56 Å². The molecule has 116 valence electrons. The molecule has 2 aromatic rings. The average molecular weight is 397 g/mol. The fourth-order valence-electron chi connectivity index (χ4n) is 1.68. The van der Waals surface area contributed by atoms with Crippen LogP contribution < -0.4 is 5.32 Å². The Hall–Kier alpha value is -1.60. The highest BCUT2D eigenvalue weighted by atomic mass is 79.9. The predicted octanol–water partition coefficient (Wildman–Crippen LogP) is 5.51. The quantitative estimate of drug-likeness (QED) is 0.666. The van der Waals surface area contributed by atoms with Crippen LogP contribution >= 0.6 is 27.5 Å². The maximum atomic E-state index is 13.8. The van der Waals surface area contributed by atoms with Crippen molar-refractivity contribution in [2.75, 3.05) is 5.32 Å². The summed E-state index contributed by atoms with van der Waals surface area (Å²) in [6.07, 6.45) is -4.84. The summed E-state index contributed by atoms with van der Waals surface area (Å²) in [7, 11) is 0. The number of carbonyl (C=O) groups excluding carboxylic acids is 1. The first kappa shape index (κ1) is 16.8. The van der Waals surface area contributed by atoms with Crippen molar-refractivity contribution in [1.82, 2.24) is 0 Å². The monoisotopic (exact) mass is 395 g/mol. The molecule has 0 saturated heterocycles. The van der Waals surface area contributed by atoms with Crippen LogP contribution in [-0.2, 0) is 6.18 Å². The Bertz CT molecular complexity index is 733. The number of hydrogen-bond acceptors (Lipinski definition) is 1. The van der Waals surface area contributed by atoms with Crippen LogP contribution in [-0.4, -0.2) is 5.91 Å². The van der Waals surface area contributed by atoms with Crippen molar-refractivity contribution in [3.63, 3.8) is 0 Å². The van der Waals surface area contributed by atoms with Gasteiger partial charge in [-0.1, -0.05) is 17.7 Å². The molecule has 0 aliphatic carbocycles. The molecule has 1 N–H and O–H groups in total. The summed E-state index contributed by atoms with van der Waals surface area (Å²) < 4.78 is 52.1. The summed E-state index contributed by atoms with van der Waals surface area (Å²) in [5.74, 6) is -2.29. The van der Waals surface area contributed by atoms with Crippen LogP contribution in [0, 0.1) is 5.82 Å². The van der Waals surface area contributed by atoms with Crippen LogP contribution in [0.4, 0.5) is 23.2 Å². The third kappa shape index (κ3) is 3.59. The maximum absolute atomic E-state index is 13.8. The summed E-state index contributed by atoms with van der Waals surface area (Å²) in [5, 5.41) is 2.47. The van der Waals surface area contributed by atoms with E-state index >= 15 is 0 Å². The Morgan fingerprint density at radius 1 is 1.18 bits per heavy atom. The second-order valence-electron chi connectivity index (χ2n) is 4.25. The highest BCUT2D eigenvalue weighted by molar-refractivity contribution is 9.10. The zero-order chi connectivity index (χ0) is 16.5. The first-order valence-electron chi connectivity index (χ1n) is 5.82. The zero-order valence-electron chi connectivity index (χ0n) is 10.6. The van der Waals surface area contributed by atoms with Gasteiger partial charge in [0, 0.05) is 10.0 Å². The number of nitrogens with one attached hydrogen (secondary N) is 1. The number of amides is 1. The minimum atomic E-state index is -4.84. The molecule has 0 spiro atoms. The number of benzene rings is 2. The summed E-state index contributed by atoms with van der Waals surface area (Å²) in [4.78, 5) is 12.0. The fourth-order valence-corrected chi connectivity index (χ4v) is 2.18. The predicted molar refractivity (Wildman–Crippen MR) is 78.5 cm³/mol. The second-order valence-corrected chi connectivity index (χ2v) is 5.51. The molecule has 0 aromatic heterocycles. The van der Waals surface area contributed by atoms with Crippen molar-refractivity contribution < 1.29 is 22.4 Å². The number of carbonyl (C=O) groups is 1. The molecule has 0 aliphatic rings. The van der Waals surface area contributed by atoms with Crippen LogP contribution in [0.25, 0.3) is 0 Å². The van der Waals surface area contributed by atoms with Gasteiger partial charge in [0.05, 0.1) is 16.3 Å². The molecular weight excluding hydrogens is 390 g/mol. The normalized spacial score (nSPS) is 11.4. The van der Waals surface area contributed by atoms with E-state index in [9.17, 15) is 22.4 Å². The number of hydrogen-bond donors (Lipinski definition) is 1.